The molecule has 288 valence electrons. The minimum absolute atomic E-state index is 0.0228. The zero-order valence-corrected chi connectivity index (χ0v) is 31.3. The van der Waals surface area contributed by atoms with Crippen molar-refractivity contribution in [2.75, 3.05) is 17.4 Å². The number of aromatic hydroxyl groups is 1. The molecule has 6 atom stereocenters. The third-order valence-electron chi connectivity index (χ3n) is 11.2. The molecule has 6 unspecified atom stereocenters. The van der Waals surface area contributed by atoms with Crippen LogP contribution in [-0.4, -0.2) is 47.2 Å². The van der Waals surface area contributed by atoms with Gasteiger partial charge in [-0.1, -0.05) is 58.6 Å². The van der Waals surface area contributed by atoms with Crippen molar-refractivity contribution < 1.29 is 46.9 Å². The first-order chi connectivity index (χ1) is 26.6. The summed E-state index contributed by atoms with van der Waals surface area (Å²) in [6.45, 7) is 0. The highest BCUT2D eigenvalue weighted by atomic mass is 35.5. The first kappa shape index (κ1) is 37.7. The molecule has 2 saturated heterocycles. The van der Waals surface area contributed by atoms with Crippen molar-refractivity contribution >= 4 is 69.8 Å². The first-order valence-electron chi connectivity index (χ1n) is 17.3. The third-order valence-corrected chi connectivity index (χ3v) is 12.0. The summed E-state index contributed by atoms with van der Waals surface area (Å²) in [4.78, 5) is 59.8. The smallest absolute Gasteiger partial charge is 0.508 e. The molecule has 4 aromatic carbocycles. The SMILES string of the molecule is COc1ccc(C23C(=O)N(Nc4ccc(Cl)cc4Cl)C(=O)C2CC2C(=CCC4C(=O)N(c5ccc(Cl)cc5)C(=O)C42)C3c2cc(OC(F)(F)F)ccc2O)cc1. The number of ether oxygens (including phenoxy) is 2. The van der Waals surface area contributed by atoms with Crippen LogP contribution >= 0.6 is 34.8 Å². The Labute approximate surface area is 332 Å². The second-order valence-electron chi connectivity index (χ2n) is 14.0. The fourth-order valence-electron chi connectivity index (χ4n) is 8.99. The maximum absolute atomic E-state index is 15.4. The van der Waals surface area contributed by atoms with Crippen LogP contribution in [-0.2, 0) is 24.6 Å². The Morgan fingerprint density at radius 2 is 1.50 bits per heavy atom. The number of allylic oxidation sites excluding steroid dienone is 2. The van der Waals surface area contributed by atoms with E-state index in [2.05, 4.69) is 10.2 Å². The molecule has 0 spiro atoms. The molecule has 2 N–H and O–H groups in total. The van der Waals surface area contributed by atoms with Gasteiger partial charge in [-0.3, -0.25) is 29.5 Å². The Hall–Kier alpha value is -5.24. The number of hydrogen-bond donors (Lipinski definition) is 2. The maximum Gasteiger partial charge on any atom is 0.573 e. The fourth-order valence-corrected chi connectivity index (χ4v) is 9.57. The van der Waals surface area contributed by atoms with Gasteiger partial charge in [0.05, 0.1) is 46.7 Å². The molecule has 0 aromatic heterocycles. The van der Waals surface area contributed by atoms with Crippen LogP contribution in [0.25, 0.3) is 0 Å². The predicted octanol–water partition coefficient (Wildman–Crippen LogP) is 8.45. The van der Waals surface area contributed by atoms with Crippen molar-refractivity contribution in [3.8, 4) is 17.2 Å². The second kappa shape index (κ2) is 13.7. The van der Waals surface area contributed by atoms with Gasteiger partial charge in [0.1, 0.15) is 17.2 Å². The molecule has 16 heteroatoms. The van der Waals surface area contributed by atoms with E-state index in [4.69, 9.17) is 39.5 Å². The molecule has 2 heterocycles. The highest BCUT2D eigenvalue weighted by molar-refractivity contribution is 6.36. The van der Waals surface area contributed by atoms with Gasteiger partial charge in [-0.15, -0.1) is 13.2 Å². The van der Waals surface area contributed by atoms with Crippen molar-refractivity contribution in [3.05, 3.63) is 123 Å². The van der Waals surface area contributed by atoms with Crippen LogP contribution in [0.2, 0.25) is 15.1 Å². The maximum atomic E-state index is 15.4. The summed E-state index contributed by atoms with van der Waals surface area (Å²) < 4.78 is 50.6. The molecule has 4 aromatic rings. The largest absolute Gasteiger partial charge is 0.573 e. The van der Waals surface area contributed by atoms with Gasteiger partial charge >= 0.3 is 6.36 Å². The van der Waals surface area contributed by atoms with E-state index >= 15 is 4.79 Å². The number of hydrogen-bond acceptors (Lipinski definition) is 8. The van der Waals surface area contributed by atoms with Gasteiger partial charge in [-0.2, -0.15) is 5.01 Å². The Morgan fingerprint density at radius 3 is 2.16 bits per heavy atom. The average molecular weight is 827 g/mol. The molecular weight excluding hydrogens is 798 g/mol. The lowest BCUT2D eigenvalue weighted by molar-refractivity contribution is -0.274. The van der Waals surface area contributed by atoms with E-state index in [9.17, 15) is 32.7 Å². The number of hydrazine groups is 1. The van der Waals surface area contributed by atoms with Gasteiger partial charge in [0.25, 0.3) is 11.8 Å². The Morgan fingerprint density at radius 1 is 0.821 bits per heavy atom. The number of carbonyl (C=O) groups is 4. The number of methoxy groups -OCH3 is 1. The number of phenolic OH excluding ortho intramolecular Hbond substituents is 1. The summed E-state index contributed by atoms with van der Waals surface area (Å²) in [6, 6.07) is 19.8. The average Bonchev–Trinajstić information content (AvgIpc) is 3.54. The number of nitrogens with zero attached hydrogens (tertiary/aromatic N) is 2. The minimum atomic E-state index is -5.11. The summed E-state index contributed by atoms with van der Waals surface area (Å²) >= 11 is 18.7. The number of carbonyl (C=O) groups excluding carboxylic acids is 4. The fraction of sp³-hybridized carbons (Fsp3) is 0.250. The molecule has 4 aliphatic rings. The van der Waals surface area contributed by atoms with Gasteiger partial charge in [0, 0.05) is 21.5 Å². The summed E-state index contributed by atoms with van der Waals surface area (Å²) in [7, 11) is 1.44. The molecule has 10 nitrogen and oxygen atoms in total. The lowest BCUT2D eigenvalue weighted by Gasteiger charge is -2.50. The van der Waals surface area contributed by atoms with Crippen LogP contribution in [0.4, 0.5) is 24.5 Å². The zero-order valence-electron chi connectivity index (χ0n) is 29.0. The second-order valence-corrected chi connectivity index (χ2v) is 15.2. The number of nitrogens with one attached hydrogen (secondary N) is 1. The third kappa shape index (κ3) is 5.95. The van der Waals surface area contributed by atoms with E-state index in [-0.39, 0.29) is 45.4 Å². The predicted molar refractivity (Wildman–Crippen MR) is 199 cm³/mol. The van der Waals surface area contributed by atoms with E-state index < -0.39 is 76.5 Å². The summed E-state index contributed by atoms with van der Waals surface area (Å²) in [5, 5.41) is 13.1. The highest BCUT2D eigenvalue weighted by Crippen LogP contribution is 2.65. The van der Waals surface area contributed by atoms with Gasteiger partial charge in [0.2, 0.25) is 11.8 Å². The van der Waals surface area contributed by atoms with Crippen molar-refractivity contribution in [2.24, 2.45) is 23.7 Å². The molecule has 3 fully saturated rings. The topological polar surface area (TPSA) is 125 Å². The number of benzene rings is 4. The Balaban J connectivity index is 1.35. The number of imide groups is 2. The Bertz CT molecular complexity index is 2340. The number of phenols is 1. The molecule has 8 rings (SSSR count). The van der Waals surface area contributed by atoms with E-state index in [1.165, 1.54) is 37.4 Å². The van der Waals surface area contributed by atoms with Crippen molar-refractivity contribution in [2.45, 2.75) is 30.5 Å². The van der Waals surface area contributed by atoms with E-state index in [0.29, 0.717) is 16.3 Å². The van der Waals surface area contributed by atoms with Crippen LogP contribution in [0.1, 0.15) is 29.9 Å². The number of anilines is 2. The van der Waals surface area contributed by atoms with Crippen molar-refractivity contribution in [1.29, 1.82) is 0 Å². The minimum Gasteiger partial charge on any atom is -0.508 e. The molecular formula is C40H29Cl3F3N3O7. The number of alkyl halides is 3. The van der Waals surface area contributed by atoms with Crippen LogP contribution in [0.5, 0.6) is 17.2 Å². The standard InChI is InChI=1S/C40H29Cl3F3N3O7/c1-55-23-9-2-19(3-10-23)39-29(36(52)49(38(39)54)47-31-14-6-21(42)16-30(31)43)18-27-25(34(39)28-17-24(11-15-32(28)50)56-40(44,45)46)12-13-26-33(27)37(53)48(35(26)51)22-7-4-20(41)5-8-22/h2-12,14-17,26-27,29,33-34,47,50H,13,18H2,1H3. The molecule has 0 bridgehead atoms. The first-order valence-corrected chi connectivity index (χ1v) is 18.4. The van der Waals surface area contributed by atoms with Gasteiger partial charge < -0.3 is 14.6 Å². The van der Waals surface area contributed by atoms with Gasteiger partial charge in [-0.25, -0.2) is 0 Å². The lowest BCUT2D eigenvalue weighted by Crippen LogP contribution is -2.53. The van der Waals surface area contributed by atoms with Gasteiger partial charge in [0.15, 0.2) is 0 Å². The van der Waals surface area contributed by atoms with E-state index in [0.717, 1.165) is 28.1 Å². The quantitative estimate of drug-likeness (QED) is 0.141. The number of rotatable bonds is 7. The zero-order chi connectivity index (χ0) is 39.8. The van der Waals surface area contributed by atoms with Crippen LogP contribution in [0, 0.1) is 23.7 Å². The highest BCUT2D eigenvalue weighted by Gasteiger charge is 2.70. The van der Waals surface area contributed by atoms with Crippen molar-refractivity contribution in [1.82, 2.24) is 5.01 Å². The van der Waals surface area contributed by atoms with E-state index in [1.54, 1.807) is 42.5 Å². The van der Waals surface area contributed by atoms with Crippen LogP contribution in [0.15, 0.2) is 96.6 Å². The monoisotopic (exact) mass is 825 g/mol. The Kier molecular flexibility index (Phi) is 9.25. The van der Waals surface area contributed by atoms with E-state index in [1.807, 2.05) is 0 Å². The molecule has 4 amide bonds. The molecule has 2 aliphatic carbocycles. The van der Waals surface area contributed by atoms with Gasteiger partial charge in [-0.05, 0) is 97.1 Å². The number of amides is 4. The summed E-state index contributed by atoms with van der Waals surface area (Å²) in [5.74, 6) is -8.78. The van der Waals surface area contributed by atoms with Crippen LogP contribution in [0.3, 0.4) is 0 Å². The molecule has 0 radical (unpaired) electrons. The summed E-state index contributed by atoms with van der Waals surface area (Å²) in [5.41, 5.74) is 1.83. The van der Waals surface area contributed by atoms with Crippen LogP contribution < -0.4 is 19.8 Å². The normalized spacial score (nSPS) is 25.8. The van der Waals surface area contributed by atoms with Crippen molar-refractivity contribution in [3.63, 3.8) is 0 Å². The summed E-state index contributed by atoms with van der Waals surface area (Å²) in [6.07, 6.45) is -3.51. The lowest BCUT2D eigenvalue weighted by atomic mass is 9.49. The molecule has 56 heavy (non-hydrogen) atoms. The molecule has 2 aliphatic heterocycles. The molecule has 1 saturated carbocycles. The number of fused-ring (bicyclic) bond motifs is 4. The number of halogens is 6.